The van der Waals surface area contributed by atoms with Crippen molar-refractivity contribution in [1.29, 1.82) is 0 Å². The van der Waals surface area contributed by atoms with E-state index >= 15 is 0 Å². The summed E-state index contributed by atoms with van der Waals surface area (Å²) in [7, 11) is 0. The molecule has 5 nitrogen and oxygen atoms in total. The van der Waals surface area contributed by atoms with E-state index in [9.17, 15) is 4.39 Å². The van der Waals surface area contributed by atoms with Crippen molar-refractivity contribution < 1.29 is 4.39 Å². The van der Waals surface area contributed by atoms with Crippen LogP contribution < -0.4 is 5.32 Å². The van der Waals surface area contributed by atoms with E-state index in [0.29, 0.717) is 16.4 Å². The van der Waals surface area contributed by atoms with E-state index in [2.05, 4.69) is 36.2 Å². The standard InChI is InChI=1S/C18H17BrFN5/c1-11-22-4-5-25(11)18-10-21-9-17(24-18)23-14-6-13(7-14)12-2-3-16(20)15(19)8-12/h2-5,8-10,13-14H,6-7H2,1H3,(H,23,24). The Bertz CT molecular complexity index is 904. The maximum Gasteiger partial charge on any atom is 0.159 e. The molecule has 25 heavy (non-hydrogen) atoms. The molecule has 1 aromatic carbocycles. The Morgan fingerprint density at radius 1 is 1.28 bits per heavy atom. The summed E-state index contributed by atoms with van der Waals surface area (Å²) < 4.78 is 15.8. The van der Waals surface area contributed by atoms with E-state index < -0.39 is 0 Å². The number of rotatable bonds is 4. The van der Waals surface area contributed by atoms with Crippen molar-refractivity contribution in [3.8, 4) is 5.82 Å². The van der Waals surface area contributed by atoms with Gasteiger partial charge in [-0.25, -0.2) is 14.4 Å². The van der Waals surface area contributed by atoms with Crippen LogP contribution >= 0.6 is 15.9 Å². The molecular weight excluding hydrogens is 385 g/mol. The first-order valence-electron chi connectivity index (χ1n) is 8.14. The monoisotopic (exact) mass is 401 g/mol. The molecule has 0 unspecified atom stereocenters. The van der Waals surface area contributed by atoms with Crippen LogP contribution in [0.15, 0.2) is 47.5 Å². The van der Waals surface area contributed by atoms with E-state index in [-0.39, 0.29) is 5.82 Å². The van der Waals surface area contributed by atoms with Gasteiger partial charge in [0.2, 0.25) is 0 Å². The molecule has 0 atom stereocenters. The average molecular weight is 402 g/mol. The molecule has 0 aliphatic heterocycles. The average Bonchev–Trinajstić information content (AvgIpc) is 3.00. The van der Waals surface area contributed by atoms with Gasteiger partial charge in [0, 0.05) is 18.4 Å². The maximum absolute atomic E-state index is 13.4. The lowest BCUT2D eigenvalue weighted by molar-refractivity contribution is 0.373. The predicted molar refractivity (Wildman–Crippen MR) is 97.4 cm³/mol. The van der Waals surface area contributed by atoms with Gasteiger partial charge in [-0.15, -0.1) is 0 Å². The number of anilines is 1. The summed E-state index contributed by atoms with van der Waals surface area (Å²) in [6, 6.07) is 5.60. The lowest BCUT2D eigenvalue weighted by atomic mass is 9.76. The smallest absolute Gasteiger partial charge is 0.159 e. The Balaban J connectivity index is 1.41. The Kier molecular flexibility index (Phi) is 4.25. The lowest BCUT2D eigenvalue weighted by Crippen LogP contribution is -2.34. The van der Waals surface area contributed by atoms with E-state index in [1.54, 1.807) is 18.6 Å². The number of halogens is 2. The highest BCUT2D eigenvalue weighted by Crippen LogP contribution is 2.39. The van der Waals surface area contributed by atoms with E-state index in [4.69, 9.17) is 0 Å². The zero-order chi connectivity index (χ0) is 17.4. The molecular formula is C18H17BrFN5. The third kappa shape index (κ3) is 3.28. The second kappa shape index (κ2) is 6.55. The molecule has 1 aliphatic carbocycles. The number of aromatic nitrogens is 4. The van der Waals surface area contributed by atoms with Gasteiger partial charge in [-0.05, 0) is 59.3 Å². The second-order valence-corrected chi connectivity index (χ2v) is 7.14. The van der Waals surface area contributed by atoms with Gasteiger partial charge in [-0.3, -0.25) is 9.55 Å². The molecule has 0 radical (unpaired) electrons. The Hall–Kier alpha value is -2.28. The molecule has 0 bridgehead atoms. The zero-order valence-corrected chi connectivity index (χ0v) is 15.2. The van der Waals surface area contributed by atoms with Crippen LogP contribution in [0.3, 0.4) is 0 Å². The largest absolute Gasteiger partial charge is 0.366 e. The number of hydrogen-bond donors (Lipinski definition) is 1. The molecule has 0 amide bonds. The highest BCUT2D eigenvalue weighted by molar-refractivity contribution is 9.10. The van der Waals surface area contributed by atoms with Crippen LogP contribution in [0.2, 0.25) is 0 Å². The molecule has 1 aliphatic rings. The minimum absolute atomic E-state index is 0.223. The molecule has 2 heterocycles. The fourth-order valence-electron chi connectivity index (χ4n) is 3.14. The molecule has 1 fully saturated rings. The van der Waals surface area contributed by atoms with Gasteiger partial charge < -0.3 is 5.32 Å². The van der Waals surface area contributed by atoms with E-state index in [1.165, 1.54) is 11.6 Å². The maximum atomic E-state index is 13.4. The first-order valence-corrected chi connectivity index (χ1v) is 8.93. The summed E-state index contributed by atoms with van der Waals surface area (Å²) >= 11 is 3.25. The van der Waals surface area contributed by atoms with E-state index in [1.807, 2.05) is 29.8 Å². The van der Waals surface area contributed by atoms with Gasteiger partial charge in [-0.1, -0.05) is 6.07 Å². The molecule has 0 spiro atoms. The Morgan fingerprint density at radius 2 is 2.12 bits per heavy atom. The number of imidazole rings is 1. The summed E-state index contributed by atoms with van der Waals surface area (Å²) in [5, 5.41) is 3.43. The topological polar surface area (TPSA) is 55.6 Å². The zero-order valence-electron chi connectivity index (χ0n) is 13.7. The van der Waals surface area contributed by atoms with Crippen LogP contribution in [-0.4, -0.2) is 25.6 Å². The number of hydrogen-bond acceptors (Lipinski definition) is 4. The van der Waals surface area contributed by atoms with Crippen LogP contribution in [0.5, 0.6) is 0 Å². The molecule has 1 saturated carbocycles. The van der Waals surface area contributed by atoms with Crippen molar-refractivity contribution in [2.24, 2.45) is 0 Å². The molecule has 0 saturated heterocycles. The molecule has 3 aromatic rings. The number of nitrogens with one attached hydrogen (secondary N) is 1. The lowest BCUT2D eigenvalue weighted by Gasteiger charge is -2.36. The van der Waals surface area contributed by atoms with Crippen LogP contribution in [0.1, 0.15) is 30.1 Å². The first kappa shape index (κ1) is 16.2. The minimum Gasteiger partial charge on any atom is -0.366 e. The summed E-state index contributed by atoms with van der Waals surface area (Å²) in [6.45, 7) is 1.93. The van der Waals surface area contributed by atoms with Gasteiger partial charge in [0.1, 0.15) is 17.5 Å². The highest BCUT2D eigenvalue weighted by atomic mass is 79.9. The van der Waals surface area contributed by atoms with Crippen molar-refractivity contribution in [2.75, 3.05) is 5.32 Å². The van der Waals surface area contributed by atoms with Crippen molar-refractivity contribution in [2.45, 2.75) is 31.7 Å². The van der Waals surface area contributed by atoms with Crippen LogP contribution in [-0.2, 0) is 0 Å². The molecule has 128 valence electrons. The number of benzene rings is 1. The summed E-state index contributed by atoms with van der Waals surface area (Å²) in [5.74, 6) is 2.60. The SMILES string of the molecule is Cc1nccn1-c1cncc(NC2CC(c3ccc(F)c(Br)c3)C2)n1. The predicted octanol–water partition coefficient (Wildman–Crippen LogP) is 4.23. The fraction of sp³-hybridized carbons (Fsp3) is 0.278. The third-order valence-electron chi connectivity index (χ3n) is 4.60. The normalized spacial score (nSPS) is 19.5. The summed E-state index contributed by atoms with van der Waals surface area (Å²) in [4.78, 5) is 13.1. The molecule has 1 N–H and O–H groups in total. The van der Waals surface area contributed by atoms with Gasteiger partial charge in [0.05, 0.1) is 16.9 Å². The quantitative estimate of drug-likeness (QED) is 0.710. The van der Waals surface area contributed by atoms with Crippen LogP contribution in [0.4, 0.5) is 10.2 Å². The van der Waals surface area contributed by atoms with Crippen molar-refractivity contribution >= 4 is 21.7 Å². The number of aryl methyl sites for hydroxylation is 1. The highest BCUT2D eigenvalue weighted by Gasteiger charge is 2.30. The van der Waals surface area contributed by atoms with Gasteiger partial charge in [0.25, 0.3) is 0 Å². The molecule has 7 heteroatoms. The second-order valence-electron chi connectivity index (χ2n) is 6.29. The summed E-state index contributed by atoms with van der Waals surface area (Å²) in [6.07, 6.45) is 9.06. The van der Waals surface area contributed by atoms with Crippen LogP contribution in [0.25, 0.3) is 5.82 Å². The van der Waals surface area contributed by atoms with Crippen molar-refractivity contribution in [3.63, 3.8) is 0 Å². The van der Waals surface area contributed by atoms with Crippen molar-refractivity contribution in [3.05, 3.63) is 64.7 Å². The molecule has 4 rings (SSSR count). The fourth-order valence-corrected chi connectivity index (χ4v) is 3.54. The van der Waals surface area contributed by atoms with E-state index in [0.717, 1.165) is 30.3 Å². The first-order chi connectivity index (χ1) is 12.1. The Morgan fingerprint density at radius 3 is 2.84 bits per heavy atom. The molecule has 2 aromatic heterocycles. The van der Waals surface area contributed by atoms with Gasteiger partial charge in [0.15, 0.2) is 5.82 Å². The minimum atomic E-state index is -0.223. The van der Waals surface area contributed by atoms with Gasteiger partial charge >= 0.3 is 0 Å². The Labute approximate surface area is 153 Å². The number of nitrogens with zero attached hydrogens (tertiary/aromatic N) is 4. The van der Waals surface area contributed by atoms with Crippen LogP contribution in [0, 0.1) is 12.7 Å². The van der Waals surface area contributed by atoms with Crippen molar-refractivity contribution in [1.82, 2.24) is 19.5 Å². The van der Waals surface area contributed by atoms with Gasteiger partial charge in [-0.2, -0.15) is 0 Å². The summed E-state index contributed by atoms with van der Waals surface area (Å²) in [5.41, 5.74) is 1.17. The third-order valence-corrected chi connectivity index (χ3v) is 5.21.